The van der Waals surface area contributed by atoms with Gasteiger partial charge in [-0.15, -0.1) is 0 Å². The molecule has 0 radical (unpaired) electrons. The maximum absolute atomic E-state index is 3.35. The van der Waals surface area contributed by atoms with E-state index in [0.29, 0.717) is 0 Å². The van der Waals surface area contributed by atoms with E-state index >= 15 is 0 Å². The first-order valence-electron chi connectivity index (χ1n) is 35.0. The first-order valence-corrected chi connectivity index (χ1v) is 35.0. The third-order valence-electron chi connectivity index (χ3n) is 24.5. The van der Waals surface area contributed by atoms with E-state index in [4.69, 9.17) is 0 Å². The van der Waals surface area contributed by atoms with Gasteiger partial charge in [-0.05, 0) is 228 Å². The van der Waals surface area contributed by atoms with Gasteiger partial charge in [0, 0.05) is 54.4 Å². The zero-order valence-electron chi connectivity index (χ0n) is 48.2. The van der Waals surface area contributed by atoms with Crippen molar-refractivity contribution in [1.82, 2.24) is 14.7 Å². The third kappa shape index (κ3) is 14.2. The van der Waals surface area contributed by atoms with Crippen LogP contribution in [0.1, 0.15) is 327 Å². The van der Waals surface area contributed by atoms with Gasteiger partial charge in [0.05, 0.1) is 0 Å². The molecule has 0 aromatic carbocycles. The van der Waals surface area contributed by atoms with Crippen LogP contribution in [0, 0.1) is 35.5 Å². The summed E-state index contributed by atoms with van der Waals surface area (Å²) >= 11 is 0. The van der Waals surface area contributed by atoms with Crippen LogP contribution >= 0.6 is 0 Å². The minimum atomic E-state index is 0.859. The summed E-state index contributed by atoms with van der Waals surface area (Å²) in [6.45, 7) is 0. The summed E-state index contributed by atoms with van der Waals surface area (Å²) in [6.07, 6.45) is 82.5. The topological polar surface area (TPSA) is 9.72 Å². The lowest BCUT2D eigenvalue weighted by molar-refractivity contribution is -0.0341. The van der Waals surface area contributed by atoms with Crippen molar-refractivity contribution in [2.75, 3.05) is 0 Å². The number of hydrogen-bond acceptors (Lipinski definition) is 3. The number of nitrogens with zero attached hydrogens (tertiary/aromatic N) is 3. The Labute approximate surface area is 453 Å². The molecule has 3 heteroatoms. The highest BCUT2D eigenvalue weighted by molar-refractivity contribution is 5.17. The average Bonchev–Trinajstić information content (AvgIpc) is 3.47. The third-order valence-corrected chi connectivity index (χ3v) is 24.5. The fourth-order valence-electron chi connectivity index (χ4n) is 20.8. The van der Waals surface area contributed by atoms with Gasteiger partial charge >= 0.3 is 0 Å². The summed E-state index contributed by atoms with van der Waals surface area (Å²) in [7, 11) is 0. The Bertz CT molecular complexity index is 1450. The molecule has 0 bridgehead atoms. The smallest absolute Gasteiger partial charge is 0.0102 e. The molecule has 0 aromatic heterocycles. The lowest BCUT2D eigenvalue weighted by Crippen LogP contribution is -2.57. The van der Waals surface area contributed by atoms with Crippen LogP contribution in [0.25, 0.3) is 0 Å². The van der Waals surface area contributed by atoms with Crippen molar-refractivity contribution in [3.8, 4) is 0 Å². The van der Waals surface area contributed by atoms with E-state index in [0.717, 1.165) is 89.9 Å². The molecule has 11 rings (SSSR count). The summed E-state index contributed by atoms with van der Waals surface area (Å²) in [4.78, 5) is 10.00. The average molecular weight is 1000 g/mol. The van der Waals surface area contributed by atoms with E-state index in [1.807, 2.05) is 11.1 Å². The van der Waals surface area contributed by atoms with Gasteiger partial charge in [-0.25, -0.2) is 0 Å². The van der Waals surface area contributed by atoms with Crippen LogP contribution in [0.4, 0.5) is 0 Å². The Balaban J connectivity index is 0.727. The lowest BCUT2D eigenvalue weighted by atomic mass is 9.71. The summed E-state index contributed by atoms with van der Waals surface area (Å²) in [5.74, 6) is 5.51. The first-order chi connectivity index (χ1) is 36.2. The fourth-order valence-corrected chi connectivity index (χ4v) is 20.8. The fraction of sp³-hybridized carbons (Fsp3) is 0.943. The molecule has 414 valence electrons. The number of allylic oxidation sites excluding steroid dienone is 4. The Morgan fingerprint density at radius 1 is 0.178 bits per heavy atom. The maximum atomic E-state index is 3.35. The second kappa shape index (κ2) is 28.0. The standard InChI is InChI=1S/C70H119N3/c1-8-22-56(23-9-1)69(57-24-10-2-11-25-57)52-54-36-40-63(41-37-54)71(60-30-16-5-17-31-60)65-44-48-67(49-45-65)73(62-34-20-7-21-35-62)68-50-46-66(47-51-68)72(61-32-18-6-19-33-61)64-42-38-55(39-43-64)53-70(58-26-12-3-13-27-58)59-28-14-4-15-29-59/h52-68H,1-51H2. The molecular formula is C70H119N3. The van der Waals surface area contributed by atoms with Crippen molar-refractivity contribution in [2.24, 2.45) is 35.5 Å². The van der Waals surface area contributed by atoms with Crippen LogP contribution in [-0.2, 0) is 0 Å². The van der Waals surface area contributed by atoms with Gasteiger partial charge in [-0.2, -0.15) is 0 Å². The molecule has 0 unspecified atom stereocenters. The van der Waals surface area contributed by atoms with Crippen molar-refractivity contribution in [3.05, 3.63) is 23.3 Å². The van der Waals surface area contributed by atoms with Crippen molar-refractivity contribution in [1.29, 1.82) is 0 Å². The molecule has 0 spiro atoms. The minimum Gasteiger partial charge on any atom is -0.294 e. The summed E-state index contributed by atoms with van der Waals surface area (Å²) < 4.78 is 0. The molecule has 11 saturated carbocycles. The molecular weight excluding hydrogens is 883 g/mol. The monoisotopic (exact) mass is 1000 g/mol. The normalized spacial score (nSPS) is 35.6. The van der Waals surface area contributed by atoms with Gasteiger partial charge in [0.25, 0.3) is 0 Å². The molecule has 3 nitrogen and oxygen atoms in total. The maximum Gasteiger partial charge on any atom is 0.0102 e. The van der Waals surface area contributed by atoms with E-state index in [-0.39, 0.29) is 0 Å². The first kappa shape index (κ1) is 54.3. The van der Waals surface area contributed by atoms with Gasteiger partial charge in [-0.3, -0.25) is 14.7 Å². The molecule has 73 heavy (non-hydrogen) atoms. The van der Waals surface area contributed by atoms with E-state index in [1.165, 1.54) is 327 Å². The molecule has 0 N–H and O–H groups in total. The molecule has 0 aromatic rings. The number of hydrogen-bond donors (Lipinski definition) is 0. The molecule has 0 heterocycles. The van der Waals surface area contributed by atoms with Crippen LogP contribution in [0.2, 0.25) is 0 Å². The second-order valence-corrected chi connectivity index (χ2v) is 29.0. The molecule has 11 aliphatic carbocycles. The van der Waals surface area contributed by atoms with Crippen LogP contribution in [-0.4, -0.2) is 69.1 Å². The van der Waals surface area contributed by atoms with Crippen LogP contribution in [0.15, 0.2) is 23.3 Å². The molecule has 0 amide bonds. The van der Waals surface area contributed by atoms with E-state index in [9.17, 15) is 0 Å². The summed E-state index contributed by atoms with van der Waals surface area (Å²) in [5.41, 5.74) is 4.00. The Hall–Kier alpha value is -0.640. The van der Waals surface area contributed by atoms with Gasteiger partial charge < -0.3 is 0 Å². The number of rotatable bonds is 15. The minimum absolute atomic E-state index is 0.859. The molecule has 11 fully saturated rings. The van der Waals surface area contributed by atoms with E-state index in [1.54, 1.807) is 0 Å². The summed E-state index contributed by atoms with van der Waals surface area (Å²) in [5, 5.41) is 0. The molecule has 0 aliphatic heterocycles. The van der Waals surface area contributed by atoms with E-state index < -0.39 is 0 Å². The van der Waals surface area contributed by atoms with Crippen molar-refractivity contribution in [3.63, 3.8) is 0 Å². The van der Waals surface area contributed by atoms with Crippen molar-refractivity contribution < 1.29 is 0 Å². The Morgan fingerprint density at radius 3 is 0.548 bits per heavy atom. The van der Waals surface area contributed by atoms with E-state index in [2.05, 4.69) is 26.9 Å². The predicted octanol–water partition coefficient (Wildman–Crippen LogP) is 19.8. The highest BCUT2D eigenvalue weighted by Gasteiger charge is 2.44. The molecule has 11 aliphatic rings. The van der Waals surface area contributed by atoms with Crippen molar-refractivity contribution >= 4 is 0 Å². The van der Waals surface area contributed by atoms with Gasteiger partial charge in [0.1, 0.15) is 0 Å². The second-order valence-electron chi connectivity index (χ2n) is 29.0. The van der Waals surface area contributed by atoms with Gasteiger partial charge in [0.2, 0.25) is 0 Å². The lowest BCUT2D eigenvalue weighted by Gasteiger charge is -2.53. The molecule has 0 saturated heterocycles. The Kier molecular flexibility index (Phi) is 20.8. The predicted molar refractivity (Wildman–Crippen MR) is 312 cm³/mol. The van der Waals surface area contributed by atoms with Crippen molar-refractivity contribution in [2.45, 2.75) is 382 Å². The van der Waals surface area contributed by atoms with Gasteiger partial charge in [-0.1, -0.05) is 158 Å². The van der Waals surface area contributed by atoms with Crippen LogP contribution in [0.5, 0.6) is 0 Å². The zero-order valence-corrected chi connectivity index (χ0v) is 48.2. The van der Waals surface area contributed by atoms with Gasteiger partial charge in [0.15, 0.2) is 0 Å². The Morgan fingerprint density at radius 2 is 0.342 bits per heavy atom. The van der Waals surface area contributed by atoms with Crippen LogP contribution in [0.3, 0.4) is 0 Å². The SMILES string of the molecule is C(=C(C1CCCCC1)C1CCCCC1)C1CCC(N(C2CCCCC2)C2CCC(N(C3CCCCC3)C3CCC(N(C4CCCCC4)C4CCC(C=C(C5CCCCC5)C5CCCCC5)CC4)CC3)CC2)CC1. The molecule has 0 atom stereocenters. The van der Waals surface area contributed by atoms with Crippen LogP contribution < -0.4 is 0 Å². The highest BCUT2D eigenvalue weighted by Crippen LogP contribution is 2.47. The quantitative estimate of drug-likeness (QED) is 0.151. The highest BCUT2D eigenvalue weighted by atomic mass is 15.3. The zero-order chi connectivity index (χ0) is 49.0. The summed E-state index contributed by atoms with van der Waals surface area (Å²) in [6, 6.07) is 7.83. The largest absolute Gasteiger partial charge is 0.294 e.